The average Bonchev–Trinajstić information content (AvgIpc) is 2.33. The van der Waals surface area contributed by atoms with Crippen molar-refractivity contribution in [3.05, 3.63) is 11.4 Å². The van der Waals surface area contributed by atoms with Gasteiger partial charge in [-0.05, 0) is 34.1 Å². The molecule has 1 saturated carbocycles. The van der Waals surface area contributed by atoms with Gasteiger partial charge in [0, 0.05) is 11.4 Å². The zero-order valence-corrected chi connectivity index (χ0v) is 7.71. The lowest BCUT2D eigenvalue weighted by molar-refractivity contribution is 0.429. The van der Waals surface area contributed by atoms with Gasteiger partial charge in [-0.1, -0.05) is 0 Å². The van der Waals surface area contributed by atoms with Crippen LogP contribution in [0.25, 0.3) is 0 Å². The molecule has 0 aromatic heterocycles. The van der Waals surface area contributed by atoms with Crippen LogP contribution >= 0.6 is 0 Å². The number of allylic oxidation sites excluding steroid dienone is 2. The third-order valence-corrected chi connectivity index (χ3v) is 3.29. The summed E-state index contributed by atoms with van der Waals surface area (Å²) in [5.41, 5.74) is 3.22. The van der Waals surface area contributed by atoms with Crippen molar-refractivity contribution in [1.82, 2.24) is 10.6 Å². The van der Waals surface area contributed by atoms with E-state index in [4.69, 9.17) is 0 Å². The van der Waals surface area contributed by atoms with Crippen molar-refractivity contribution in [2.24, 2.45) is 0 Å². The second kappa shape index (κ2) is 1.57. The Balaban J connectivity index is 2.30. The number of hydrogen-bond acceptors (Lipinski definition) is 2. The minimum Gasteiger partial charge on any atom is -0.380 e. The quantitative estimate of drug-likeness (QED) is 0.547. The highest BCUT2D eigenvalue weighted by Gasteiger charge is 2.63. The van der Waals surface area contributed by atoms with Gasteiger partial charge in [0.15, 0.2) is 0 Å². The molecule has 1 aliphatic heterocycles. The van der Waals surface area contributed by atoms with Crippen molar-refractivity contribution in [1.29, 1.82) is 0 Å². The Morgan fingerprint density at radius 1 is 1.00 bits per heavy atom. The average molecular weight is 152 g/mol. The van der Waals surface area contributed by atoms with E-state index in [9.17, 15) is 0 Å². The first kappa shape index (κ1) is 7.01. The van der Waals surface area contributed by atoms with Gasteiger partial charge in [-0.3, -0.25) is 0 Å². The first-order valence-electron chi connectivity index (χ1n) is 4.21. The van der Waals surface area contributed by atoms with Crippen LogP contribution in [-0.2, 0) is 0 Å². The van der Waals surface area contributed by atoms with Gasteiger partial charge < -0.3 is 10.6 Å². The lowest BCUT2D eigenvalue weighted by Crippen LogP contribution is -2.48. The molecule has 0 amide bonds. The molecule has 2 nitrogen and oxygen atoms in total. The van der Waals surface area contributed by atoms with E-state index < -0.39 is 0 Å². The van der Waals surface area contributed by atoms with Crippen molar-refractivity contribution in [3.63, 3.8) is 0 Å². The molecule has 11 heavy (non-hydrogen) atoms. The Kier molecular flexibility index (Phi) is 1.00. The lowest BCUT2D eigenvalue weighted by Gasteiger charge is -2.30. The first-order valence-corrected chi connectivity index (χ1v) is 4.21. The van der Waals surface area contributed by atoms with Gasteiger partial charge >= 0.3 is 0 Å². The van der Waals surface area contributed by atoms with Gasteiger partial charge in [0.1, 0.15) is 0 Å². The maximum Gasteiger partial charge on any atom is 0.0593 e. The van der Waals surface area contributed by atoms with Crippen molar-refractivity contribution >= 4 is 0 Å². The molecule has 1 heterocycles. The minimum atomic E-state index is 0.316. The van der Waals surface area contributed by atoms with Gasteiger partial charge in [-0.2, -0.15) is 0 Å². The van der Waals surface area contributed by atoms with Crippen LogP contribution in [0.4, 0.5) is 0 Å². The molecular weight excluding hydrogens is 136 g/mol. The molecule has 1 aliphatic carbocycles. The number of hydrogen-bond donors (Lipinski definition) is 2. The van der Waals surface area contributed by atoms with Gasteiger partial charge in [-0.15, -0.1) is 0 Å². The third-order valence-electron chi connectivity index (χ3n) is 3.29. The van der Waals surface area contributed by atoms with Crippen LogP contribution in [0.5, 0.6) is 0 Å². The molecule has 0 radical (unpaired) electrons. The molecule has 2 heteroatoms. The molecule has 0 spiro atoms. The fraction of sp³-hybridized carbons (Fsp3) is 0.778. The molecule has 62 valence electrons. The van der Waals surface area contributed by atoms with Crippen molar-refractivity contribution in [3.8, 4) is 0 Å². The summed E-state index contributed by atoms with van der Waals surface area (Å²) in [4.78, 5) is 0. The van der Waals surface area contributed by atoms with Crippen LogP contribution in [0.1, 0.15) is 34.1 Å². The predicted octanol–water partition coefficient (Wildman–Crippen LogP) is 1.35. The smallest absolute Gasteiger partial charge is 0.0593 e. The standard InChI is InChI=1S/C9H16N2/c1-6-7(2)11-9(4)5-8(9,3)10-6/h10-11H,5H2,1-4H3/t8-,9?/m0/s1. The van der Waals surface area contributed by atoms with Crippen LogP contribution in [0.3, 0.4) is 0 Å². The molecule has 0 aromatic rings. The van der Waals surface area contributed by atoms with Crippen LogP contribution in [0.15, 0.2) is 11.4 Å². The van der Waals surface area contributed by atoms with Crippen LogP contribution in [0, 0.1) is 0 Å². The van der Waals surface area contributed by atoms with Gasteiger partial charge in [0.25, 0.3) is 0 Å². The van der Waals surface area contributed by atoms with Crippen LogP contribution in [0.2, 0.25) is 0 Å². The van der Waals surface area contributed by atoms with Crippen LogP contribution in [-0.4, -0.2) is 11.1 Å². The zero-order valence-electron chi connectivity index (χ0n) is 7.71. The second-order valence-electron chi connectivity index (χ2n) is 4.34. The monoisotopic (exact) mass is 152 g/mol. The fourth-order valence-electron chi connectivity index (χ4n) is 2.04. The van der Waals surface area contributed by atoms with E-state index in [0.29, 0.717) is 11.1 Å². The Bertz CT molecular complexity index is 220. The second-order valence-corrected chi connectivity index (χ2v) is 4.34. The Morgan fingerprint density at radius 2 is 1.36 bits per heavy atom. The summed E-state index contributed by atoms with van der Waals surface area (Å²) in [5, 5.41) is 7.07. The lowest BCUT2D eigenvalue weighted by atomic mass is 10.1. The Hall–Kier alpha value is -0.660. The summed E-state index contributed by atoms with van der Waals surface area (Å²) in [6.45, 7) is 8.81. The Morgan fingerprint density at radius 3 is 1.73 bits per heavy atom. The highest BCUT2D eigenvalue weighted by Crippen LogP contribution is 2.50. The summed E-state index contributed by atoms with van der Waals surface area (Å²) in [6, 6.07) is 0. The summed E-state index contributed by atoms with van der Waals surface area (Å²) >= 11 is 0. The van der Waals surface area contributed by atoms with Crippen LogP contribution < -0.4 is 10.6 Å². The summed E-state index contributed by atoms with van der Waals surface area (Å²) in [7, 11) is 0. The number of nitrogens with one attached hydrogen (secondary N) is 2. The number of rotatable bonds is 0. The molecule has 1 fully saturated rings. The summed E-state index contributed by atoms with van der Waals surface area (Å²) < 4.78 is 0. The van der Waals surface area contributed by atoms with Crippen molar-refractivity contribution < 1.29 is 0 Å². The zero-order chi connectivity index (χ0) is 8.28. The van der Waals surface area contributed by atoms with E-state index in [-0.39, 0.29) is 0 Å². The van der Waals surface area contributed by atoms with Gasteiger partial charge in [-0.25, -0.2) is 0 Å². The van der Waals surface area contributed by atoms with E-state index >= 15 is 0 Å². The molecule has 0 saturated heterocycles. The molecule has 2 N–H and O–H groups in total. The molecule has 2 aliphatic rings. The molecule has 0 bridgehead atoms. The number of fused-ring (bicyclic) bond motifs is 1. The third kappa shape index (κ3) is 0.725. The van der Waals surface area contributed by atoms with E-state index in [1.54, 1.807) is 0 Å². The summed E-state index contributed by atoms with van der Waals surface area (Å²) in [5.74, 6) is 0. The maximum atomic E-state index is 3.54. The highest BCUT2D eigenvalue weighted by molar-refractivity contribution is 5.34. The van der Waals surface area contributed by atoms with Gasteiger partial charge in [0.05, 0.1) is 11.1 Å². The first-order chi connectivity index (χ1) is 4.97. The minimum absolute atomic E-state index is 0.316. The molecule has 2 rings (SSSR count). The molecular formula is C9H16N2. The fourth-order valence-corrected chi connectivity index (χ4v) is 2.04. The van der Waals surface area contributed by atoms with E-state index in [2.05, 4.69) is 38.3 Å². The molecule has 1 unspecified atom stereocenters. The topological polar surface area (TPSA) is 24.1 Å². The predicted molar refractivity (Wildman–Crippen MR) is 46.1 cm³/mol. The van der Waals surface area contributed by atoms with E-state index in [1.807, 2.05) is 0 Å². The normalized spacial score (nSPS) is 47.6. The van der Waals surface area contributed by atoms with E-state index in [0.717, 1.165) is 0 Å². The SMILES string of the molecule is CC1=C(C)N[C@@]2(C)CC2(C)N1. The van der Waals surface area contributed by atoms with Crippen molar-refractivity contribution in [2.45, 2.75) is 45.2 Å². The maximum absolute atomic E-state index is 3.54. The highest BCUT2D eigenvalue weighted by atomic mass is 15.2. The van der Waals surface area contributed by atoms with E-state index in [1.165, 1.54) is 17.8 Å². The molecule has 2 atom stereocenters. The summed E-state index contributed by atoms with van der Waals surface area (Å²) in [6.07, 6.45) is 1.23. The van der Waals surface area contributed by atoms with Crippen molar-refractivity contribution in [2.75, 3.05) is 0 Å². The van der Waals surface area contributed by atoms with Gasteiger partial charge in [0.2, 0.25) is 0 Å². The largest absolute Gasteiger partial charge is 0.380 e. The molecule has 0 aromatic carbocycles. The Labute approximate surface area is 68.1 Å².